The van der Waals surface area contributed by atoms with Crippen LogP contribution >= 0.6 is 0 Å². The average molecular weight is 287 g/mol. The molecule has 21 heavy (non-hydrogen) atoms. The quantitative estimate of drug-likeness (QED) is 0.683. The lowest BCUT2D eigenvalue weighted by atomic mass is 9.95. The van der Waals surface area contributed by atoms with Gasteiger partial charge in [0.15, 0.2) is 6.61 Å². The SMILES string of the molecule is Cc1ccc(NC(=O)COC(=O)[C@@H]2CC=CCC2)cc1C. The van der Waals surface area contributed by atoms with Crippen LogP contribution in [0.5, 0.6) is 0 Å². The molecule has 0 fully saturated rings. The Hall–Kier alpha value is -2.10. The third-order valence-corrected chi connectivity index (χ3v) is 3.74. The summed E-state index contributed by atoms with van der Waals surface area (Å²) in [6.07, 6.45) is 6.46. The molecule has 4 nitrogen and oxygen atoms in total. The third-order valence-electron chi connectivity index (χ3n) is 3.74. The number of rotatable bonds is 4. The van der Waals surface area contributed by atoms with Gasteiger partial charge in [0.05, 0.1) is 5.92 Å². The highest BCUT2D eigenvalue weighted by Crippen LogP contribution is 2.19. The average Bonchev–Trinajstić information content (AvgIpc) is 2.49. The van der Waals surface area contributed by atoms with Gasteiger partial charge in [-0.05, 0) is 56.4 Å². The van der Waals surface area contributed by atoms with E-state index in [1.54, 1.807) is 0 Å². The molecule has 0 heterocycles. The number of aryl methyl sites for hydroxylation is 2. The van der Waals surface area contributed by atoms with Crippen molar-refractivity contribution in [3.63, 3.8) is 0 Å². The Morgan fingerprint density at radius 3 is 2.71 bits per heavy atom. The molecule has 4 heteroatoms. The highest BCUT2D eigenvalue weighted by Gasteiger charge is 2.20. The van der Waals surface area contributed by atoms with E-state index in [9.17, 15) is 9.59 Å². The molecule has 112 valence electrons. The first kappa shape index (κ1) is 15.3. The van der Waals surface area contributed by atoms with E-state index in [0.717, 1.165) is 24.1 Å². The molecular weight excluding hydrogens is 266 g/mol. The van der Waals surface area contributed by atoms with Crippen LogP contribution in [-0.2, 0) is 14.3 Å². The number of hydrogen-bond donors (Lipinski definition) is 1. The van der Waals surface area contributed by atoms with Crippen molar-refractivity contribution in [3.05, 3.63) is 41.5 Å². The van der Waals surface area contributed by atoms with Crippen molar-refractivity contribution in [2.45, 2.75) is 33.1 Å². The fourth-order valence-electron chi connectivity index (χ4n) is 2.28. The van der Waals surface area contributed by atoms with Crippen LogP contribution in [0.3, 0.4) is 0 Å². The van der Waals surface area contributed by atoms with Crippen LogP contribution in [0.25, 0.3) is 0 Å². The fraction of sp³-hybridized carbons (Fsp3) is 0.412. The number of nitrogens with one attached hydrogen (secondary N) is 1. The summed E-state index contributed by atoms with van der Waals surface area (Å²) in [5, 5.41) is 2.74. The van der Waals surface area contributed by atoms with E-state index in [1.807, 2.05) is 38.1 Å². The van der Waals surface area contributed by atoms with Crippen molar-refractivity contribution in [1.29, 1.82) is 0 Å². The second kappa shape index (κ2) is 7.07. The van der Waals surface area contributed by atoms with Gasteiger partial charge in [-0.3, -0.25) is 9.59 Å². The van der Waals surface area contributed by atoms with Gasteiger partial charge in [-0.25, -0.2) is 0 Å². The number of ether oxygens (including phenoxy) is 1. The smallest absolute Gasteiger partial charge is 0.309 e. The molecule has 2 rings (SSSR count). The maximum atomic E-state index is 11.8. The maximum Gasteiger partial charge on any atom is 0.309 e. The number of allylic oxidation sites excluding steroid dienone is 2. The highest BCUT2D eigenvalue weighted by molar-refractivity contribution is 5.93. The van der Waals surface area contributed by atoms with E-state index in [2.05, 4.69) is 11.4 Å². The molecule has 1 aromatic carbocycles. The lowest BCUT2D eigenvalue weighted by Crippen LogP contribution is -2.25. The molecule has 1 aliphatic carbocycles. The monoisotopic (exact) mass is 287 g/mol. The molecule has 1 aliphatic rings. The summed E-state index contributed by atoms with van der Waals surface area (Å²) in [6.45, 7) is 3.77. The standard InChI is InChI=1S/C17H21NO3/c1-12-8-9-15(10-13(12)2)18-16(19)11-21-17(20)14-6-4-3-5-7-14/h3-4,8-10,14H,5-7,11H2,1-2H3,(H,18,19)/t14-/m1/s1. The molecule has 0 aromatic heterocycles. The summed E-state index contributed by atoms with van der Waals surface area (Å²) in [7, 11) is 0. The van der Waals surface area contributed by atoms with E-state index < -0.39 is 0 Å². The summed E-state index contributed by atoms with van der Waals surface area (Å²) in [4.78, 5) is 23.6. The van der Waals surface area contributed by atoms with Gasteiger partial charge in [-0.15, -0.1) is 0 Å². The normalized spacial score (nSPS) is 17.3. The van der Waals surface area contributed by atoms with Crippen molar-refractivity contribution in [1.82, 2.24) is 0 Å². The van der Waals surface area contributed by atoms with E-state index in [-0.39, 0.29) is 24.4 Å². The van der Waals surface area contributed by atoms with Crippen molar-refractivity contribution in [2.75, 3.05) is 11.9 Å². The minimum Gasteiger partial charge on any atom is -0.455 e. The van der Waals surface area contributed by atoms with Gasteiger partial charge in [0.2, 0.25) is 0 Å². The second-order valence-electron chi connectivity index (χ2n) is 5.44. The molecule has 0 saturated carbocycles. The molecule has 0 radical (unpaired) electrons. The summed E-state index contributed by atoms with van der Waals surface area (Å²) >= 11 is 0. The van der Waals surface area contributed by atoms with Gasteiger partial charge in [-0.1, -0.05) is 18.2 Å². The van der Waals surface area contributed by atoms with Gasteiger partial charge < -0.3 is 10.1 Å². The Bertz CT molecular complexity index is 563. The van der Waals surface area contributed by atoms with Crippen molar-refractivity contribution < 1.29 is 14.3 Å². The Labute approximate surface area is 125 Å². The van der Waals surface area contributed by atoms with Crippen LogP contribution in [0.2, 0.25) is 0 Å². The van der Waals surface area contributed by atoms with Gasteiger partial charge in [0.25, 0.3) is 5.91 Å². The van der Waals surface area contributed by atoms with Crippen LogP contribution in [0, 0.1) is 19.8 Å². The van der Waals surface area contributed by atoms with Crippen molar-refractivity contribution in [2.24, 2.45) is 5.92 Å². The number of esters is 1. The van der Waals surface area contributed by atoms with Crippen LogP contribution < -0.4 is 5.32 Å². The van der Waals surface area contributed by atoms with Gasteiger partial charge in [0.1, 0.15) is 0 Å². The van der Waals surface area contributed by atoms with Crippen molar-refractivity contribution >= 4 is 17.6 Å². The molecule has 1 aromatic rings. The van der Waals surface area contributed by atoms with Gasteiger partial charge >= 0.3 is 5.97 Å². The minimum absolute atomic E-state index is 0.107. The molecule has 0 aliphatic heterocycles. The number of amides is 1. The number of anilines is 1. The number of carbonyl (C=O) groups excluding carboxylic acids is 2. The number of hydrogen-bond acceptors (Lipinski definition) is 3. The first-order valence-corrected chi connectivity index (χ1v) is 7.25. The van der Waals surface area contributed by atoms with Gasteiger partial charge in [-0.2, -0.15) is 0 Å². The van der Waals surface area contributed by atoms with Crippen LogP contribution in [0.15, 0.2) is 30.4 Å². The molecule has 1 N–H and O–H groups in total. The van der Waals surface area contributed by atoms with E-state index in [4.69, 9.17) is 4.74 Å². The van der Waals surface area contributed by atoms with E-state index >= 15 is 0 Å². The summed E-state index contributed by atoms with van der Waals surface area (Å²) in [6, 6.07) is 5.69. The first-order chi connectivity index (χ1) is 10.1. The summed E-state index contributed by atoms with van der Waals surface area (Å²) < 4.78 is 5.08. The zero-order valence-electron chi connectivity index (χ0n) is 12.5. The van der Waals surface area contributed by atoms with Crippen molar-refractivity contribution in [3.8, 4) is 0 Å². The molecule has 0 unspecified atom stereocenters. The molecule has 1 amide bonds. The summed E-state index contributed by atoms with van der Waals surface area (Å²) in [5.41, 5.74) is 3.00. The Kier molecular flexibility index (Phi) is 5.14. The van der Waals surface area contributed by atoms with Gasteiger partial charge in [0, 0.05) is 5.69 Å². The maximum absolute atomic E-state index is 11.8. The first-order valence-electron chi connectivity index (χ1n) is 7.25. The topological polar surface area (TPSA) is 55.4 Å². The lowest BCUT2D eigenvalue weighted by molar-refractivity contribution is -0.151. The zero-order valence-corrected chi connectivity index (χ0v) is 12.5. The Morgan fingerprint density at radius 1 is 1.24 bits per heavy atom. The lowest BCUT2D eigenvalue weighted by Gasteiger charge is -2.16. The van der Waals surface area contributed by atoms with Crippen LogP contribution in [0.1, 0.15) is 30.4 Å². The molecular formula is C17H21NO3. The number of benzene rings is 1. The largest absolute Gasteiger partial charge is 0.455 e. The predicted molar refractivity (Wildman–Crippen MR) is 82.0 cm³/mol. The number of carbonyl (C=O) groups is 2. The third kappa shape index (κ3) is 4.45. The highest BCUT2D eigenvalue weighted by atomic mass is 16.5. The van der Waals surface area contributed by atoms with Crippen LogP contribution in [-0.4, -0.2) is 18.5 Å². The summed E-state index contributed by atoms with van der Waals surface area (Å²) in [5.74, 6) is -0.697. The van der Waals surface area contributed by atoms with Crippen LogP contribution in [0.4, 0.5) is 5.69 Å². The molecule has 0 bridgehead atoms. The minimum atomic E-state index is -0.307. The molecule has 0 spiro atoms. The zero-order chi connectivity index (χ0) is 15.2. The Balaban J connectivity index is 1.80. The molecule has 1 atom stereocenters. The molecule has 0 saturated heterocycles. The van der Waals surface area contributed by atoms with E-state index in [0.29, 0.717) is 6.42 Å². The fourth-order valence-corrected chi connectivity index (χ4v) is 2.28. The Morgan fingerprint density at radius 2 is 2.05 bits per heavy atom. The van der Waals surface area contributed by atoms with E-state index in [1.165, 1.54) is 5.56 Å². The second-order valence-corrected chi connectivity index (χ2v) is 5.44. The predicted octanol–water partition coefficient (Wildman–Crippen LogP) is 3.14.